The van der Waals surface area contributed by atoms with Crippen LogP contribution in [0.15, 0.2) is 30.3 Å². The highest BCUT2D eigenvalue weighted by Gasteiger charge is 2.22. The van der Waals surface area contributed by atoms with Crippen molar-refractivity contribution in [3.8, 4) is 0 Å². The standard InChI is InChI=1S/C23H26F4/c1-2-3-15-4-9-17(10-5-15)18-11-6-16(7-12-18)8-13-19-14-20(24)22(26)23(27)21(19)25/h6-7,11-12,14-15,17H,2-5,8-10,13H2,1H3/t15-,17-. The van der Waals surface area contributed by atoms with Crippen molar-refractivity contribution < 1.29 is 17.6 Å². The molecule has 0 amide bonds. The Hall–Kier alpha value is -1.84. The maximum absolute atomic E-state index is 13.8. The van der Waals surface area contributed by atoms with E-state index in [1.165, 1.54) is 44.1 Å². The first-order chi connectivity index (χ1) is 13.0. The molecular formula is C23H26F4. The normalized spacial score (nSPS) is 20.0. The molecule has 27 heavy (non-hydrogen) atoms. The topological polar surface area (TPSA) is 0 Å². The molecule has 146 valence electrons. The highest BCUT2D eigenvalue weighted by molar-refractivity contribution is 5.28. The van der Waals surface area contributed by atoms with Gasteiger partial charge in [-0.3, -0.25) is 0 Å². The summed E-state index contributed by atoms with van der Waals surface area (Å²) in [6.07, 6.45) is 8.20. The zero-order chi connectivity index (χ0) is 19.4. The fourth-order valence-corrected chi connectivity index (χ4v) is 4.23. The van der Waals surface area contributed by atoms with Gasteiger partial charge in [0, 0.05) is 0 Å². The van der Waals surface area contributed by atoms with Crippen LogP contribution >= 0.6 is 0 Å². The zero-order valence-electron chi connectivity index (χ0n) is 15.7. The molecule has 0 bridgehead atoms. The van der Waals surface area contributed by atoms with Crippen LogP contribution in [-0.4, -0.2) is 0 Å². The monoisotopic (exact) mass is 378 g/mol. The van der Waals surface area contributed by atoms with E-state index in [1.807, 2.05) is 12.1 Å². The highest BCUT2D eigenvalue weighted by Crippen LogP contribution is 2.37. The SMILES string of the molecule is CCC[C@H]1CC[C@H](c2ccc(CCc3cc(F)c(F)c(F)c3F)cc2)CC1. The van der Waals surface area contributed by atoms with Gasteiger partial charge in [0.2, 0.25) is 0 Å². The Morgan fingerprint density at radius 3 is 2.11 bits per heavy atom. The van der Waals surface area contributed by atoms with Crippen LogP contribution < -0.4 is 0 Å². The van der Waals surface area contributed by atoms with Gasteiger partial charge in [-0.2, -0.15) is 0 Å². The van der Waals surface area contributed by atoms with Crippen molar-refractivity contribution in [1.29, 1.82) is 0 Å². The van der Waals surface area contributed by atoms with E-state index in [9.17, 15) is 17.6 Å². The molecule has 0 aromatic heterocycles. The summed E-state index contributed by atoms with van der Waals surface area (Å²) in [6, 6.07) is 8.98. The van der Waals surface area contributed by atoms with E-state index in [0.29, 0.717) is 12.3 Å². The molecular weight excluding hydrogens is 352 g/mol. The lowest BCUT2D eigenvalue weighted by atomic mass is 9.77. The zero-order valence-corrected chi connectivity index (χ0v) is 15.7. The lowest BCUT2D eigenvalue weighted by Crippen LogP contribution is -2.13. The number of rotatable bonds is 6. The second-order valence-electron chi connectivity index (χ2n) is 7.71. The molecule has 2 aromatic rings. The van der Waals surface area contributed by atoms with Gasteiger partial charge in [-0.05, 0) is 73.1 Å². The van der Waals surface area contributed by atoms with Gasteiger partial charge in [-0.15, -0.1) is 0 Å². The Morgan fingerprint density at radius 1 is 0.815 bits per heavy atom. The van der Waals surface area contributed by atoms with Gasteiger partial charge in [0.25, 0.3) is 0 Å². The van der Waals surface area contributed by atoms with Crippen LogP contribution in [0.3, 0.4) is 0 Å². The van der Waals surface area contributed by atoms with Gasteiger partial charge >= 0.3 is 0 Å². The maximum Gasteiger partial charge on any atom is 0.197 e. The van der Waals surface area contributed by atoms with E-state index in [0.717, 1.165) is 17.5 Å². The summed E-state index contributed by atoms with van der Waals surface area (Å²) in [5.41, 5.74) is 2.17. The molecule has 1 saturated carbocycles. The molecule has 0 atom stereocenters. The Bertz CT molecular complexity index is 759. The number of hydrogen-bond acceptors (Lipinski definition) is 0. The van der Waals surface area contributed by atoms with E-state index >= 15 is 0 Å². The first-order valence-electron chi connectivity index (χ1n) is 9.90. The van der Waals surface area contributed by atoms with E-state index in [-0.39, 0.29) is 12.0 Å². The van der Waals surface area contributed by atoms with Crippen molar-refractivity contribution >= 4 is 0 Å². The highest BCUT2D eigenvalue weighted by atomic mass is 19.2. The van der Waals surface area contributed by atoms with Gasteiger partial charge < -0.3 is 0 Å². The minimum atomic E-state index is -1.76. The molecule has 0 radical (unpaired) electrons. The summed E-state index contributed by atoms with van der Waals surface area (Å²) in [5.74, 6) is -4.66. The molecule has 2 aromatic carbocycles. The van der Waals surface area contributed by atoms with Gasteiger partial charge in [-0.1, -0.05) is 44.0 Å². The molecule has 1 fully saturated rings. The number of aryl methyl sites for hydroxylation is 2. The smallest absolute Gasteiger partial charge is 0.197 e. The summed E-state index contributed by atoms with van der Waals surface area (Å²) < 4.78 is 53.4. The first-order valence-corrected chi connectivity index (χ1v) is 9.90. The predicted molar refractivity (Wildman–Crippen MR) is 99.7 cm³/mol. The molecule has 1 aliphatic carbocycles. The first kappa shape index (κ1) is 19.9. The summed E-state index contributed by atoms with van der Waals surface area (Å²) in [4.78, 5) is 0. The Labute approximate surface area is 158 Å². The van der Waals surface area contributed by atoms with E-state index < -0.39 is 23.3 Å². The van der Waals surface area contributed by atoms with Gasteiger partial charge in [0.05, 0.1) is 0 Å². The molecule has 0 heterocycles. The quantitative estimate of drug-likeness (QED) is 0.286. The van der Waals surface area contributed by atoms with E-state index in [2.05, 4.69) is 19.1 Å². The average Bonchev–Trinajstić information content (AvgIpc) is 2.69. The minimum absolute atomic E-state index is 0.126. The molecule has 0 unspecified atom stereocenters. The summed E-state index contributed by atoms with van der Waals surface area (Å²) in [5, 5.41) is 0. The number of hydrogen-bond donors (Lipinski definition) is 0. The third-order valence-corrected chi connectivity index (χ3v) is 5.86. The van der Waals surface area contributed by atoms with Crippen molar-refractivity contribution in [3.63, 3.8) is 0 Å². The summed E-state index contributed by atoms with van der Waals surface area (Å²) in [7, 11) is 0. The average molecular weight is 378 g/mol. The summed E-state index contributed by atoms with van der Waals surface area (Å²) >= 11 is 0. The van der Waals surface area contributed by atoms with Crippen molar-refractivity contribution in [2.75, 3.05) is 0 Å². The third kappa shape index (κ3) is 4.72. The third-order valence-electron chi connectivity index (χ3n) is 5.86. The van der Waals surface area contributed by atoms with Crippen LogP contribution in [0, 0.1) is 29.2 Å². The Balaban J connectivity index is 1.59. The van der Waals surface area contributed by atoms with Crippen LogP contribution in [0.1, 0.15) is 68.1 Å². The van der Waals surface area contributed by atoms with Crippen molar-refractivity contribution in [2.24, 2.45) is 5.92 Å². The van der Waals surface area contributed by atoms with Crippen molar-refractivity contribution in [1.82, 2.24) is 0 Å². The van der Waals surface area contributed by atoms with Gasteiger partial charge in [-0.25, -0.2) is 17.6 Å². The second-order valence-corrected chi connectivity index (χ2v) is 7.71. The van der Waals surface area contributed by atoms with Crippen molar-refractivity contribution in [2.45, 2.75) is 64.2 Å². The molecule has 4 heteroatoms. The predicted octanol–water partition coefficient (Wildman–Crippen LogP) is 7.10. The molecule has 0 saturated heterocycles. The molecule has 0 N–H and O–H groups in total. The molecule has 0 aliphatic heterocycles. The minimum Gasteiger partial charge on any atom is -0.204 e. The number of halogens is 4. The van der Waals surface area contributed by atoms with Crippen LogP contribution in [0.5, 0.6) is 0 Å². The lowest BCUT2D eigenvalue weighted by Gasteiger charge is -2.28. The lowest BCUT2D eigenvalue weighted by molar-refractivity contribution is 0.308. The second kappa shape index (κ2) is 8.90. The van der Waals surface area contributed by atoms with Crippen LogP contribution in [-0.2, 0) is 12.8 Å². The van der Waals surface area contributed by atoms with Crippen LogP contribution in [0.25, 0.3) is 0 Å². The Kier molecular flexibility index (Phi) is 6.56. The molecule has 3 rings (SSSR count). The molecule has 0 spiro atoms. The largest absolute Gasteiger partial charge is 0.204 e. The molecule has 1 aliphatic rings. The van der Waals surface area contributed by atoms with Crippen molar-refractivity contribution in [3.05, 3.63) is 70.3 Å². The van der Waals surface area contributed by atoms with E-state index in [1.54, 1.807) is 0 Å². The number of benzene rings is 2. The van der Waals surface area contributed by atoms with Gasteiger partial charge in [0.1, 0.15) is 0 Å². The van der Waals surface area contributed by atoms with Crippen LogP contribution in [0.2, 0.25) is 0 Å². The Morgan fingerprint density at radius 2 is 1.48 bits per heavy atom. The summed E-state index contributed by atoms with van der Waals surface area (Å²) in [6.45, 7) is 2.24. The van der Waals surface area contributed by atoms with Crippen LogP contribution in [0.4, 0.5) is 17.6 Å². The molecule has 0 nitrogen and oxygen atoms in total. The van der Waals surface area contributed by atoms with E-state index in [4.69, 9.17) is 0 Å². The fourth-order valence-electron chi connectivity index (χ4n) is 4.23. The fraction of sp³-hybridized carbons (Fsp3) is 0.478. The maximum atomic E-state index is 13.8. The van der Waals surface area contributed by atoms with Gasteiger partial charge in [0.15, 0.2) is 23.3 Å².